The molecule has 3 heterocycles. The molecule has 0 radical (unpaired) electrons. The first-order valence-electron chi connectivity index (χ1n) is 8.07. The van der Waals surface area contributed by atoms with E-state index in [2.05, 4.69) is 10.3 Å². The maximum absolute atomic E-state index is 12.9. The fraction of sp³-hybridized carbons (Fsp3) is 0.562. The summed E-state index contributed by atoms with van der Waals surface area (Å²) in [6.45, 7) is 4.38. The average Bonchev–Trinajstić information content (AvgIpc) is 3.23. The van der Waals surface area contributed by atoms with Crippen LogP contribution in [0.15, 0.2) is 16.7 Å². The van der Waals surface area contributed by atoms with Gasteiger partial charge in [0, 0.05) is 31.6 Å². The van der Waals surface area contributed by atoms with Crippen molar-refractivity contribution in [1.82, 2.24) is 19.8 Å². The Balaban J connectivity index is 1.86. The maximum Gasteiger partial charge on any atom is 0.433 e. The zero-order valence-electron chi connectivity index (χ0n) is 14.2. The van der Waals surface area contributed by atoms with Crippen molar-refractivity contribution in [2.75, 3.05) is 6.54 Å². The van der Waals surface area contributed by atoms with Gasteiger partial charge in [-0.3, -0.25) is 9.48 Å². The van der Waals surface area contributed by atoms with Gasteiger partial charge in [-0.2, -0.15) is 18.3 Å². The van der Waals surface area contributed by atoms with Crippen LogP contribution in [-0.2, 0) is 13.2 Å². The molecule has 2 aromatic heterocycles. The smallest absolute Gasteiger partial charge is 0.361 e. The third-order valence-corrected chi connectivity index (χ3v) is 4.36. The molecule has 1 amide bonds. The molecule has 0 spiro atoms. The van der Waals surface area contributed by atoms with Gasteiger partial charge in [0.15, 0.2) is 5.69 Å². The number of aromatic nitrogens is 3. The molecule has 1 atom stereocenters. The number of amides is 1. The Labute approximate surface area is 142 Å². The van der Waals surface area contributed by atoms with Crippen molar-refractivity contribution in [3.8, 4) is 0 Å². The van der Waals surface area contributed by atoms with Crippen LogP contribution in [0.1, 0.15) is 66.3 Å². The van der Waals surface area contributed by atoms with Crippen LogP contribution in [0.2, 0.25) is 0 Å². The van der Waals surface area contributed by atoms with Gasteiger partial charge in [-0.05, 0) is 12.8 Å². The first-order chi connectivity index (χ1) is 11.7. The SMILES string of the molecule is CC(C)c1cc([C@H]2CCCN2C(=O)c2cc(C(F)(F)F)n(C)n2)no1. The molecule has 2 aromatic rings. The standard InChI is InChI=1S/C16H19F3N4O2/c1-9(2)13-7-10(21-25-13)12-5-4-6-23(12)15(24)11-8-14(16(17,18)19)22(3)20-11/h7-9,12H,4-6H2,1-3H3/t12-/m1/s1. The first-order valence-corrected chi connectivity index (χ1v) is 8.07. The summed E-state index contributed by atoms with van der Waals surface area (Å²) in [5.41, 5.74) is -0.536. The molecule has 0 aromatic carbocycles. The van der Waals surface area contributed by atoms with E-state index < -0.39 is 17.8 Å². The summed E-state index contributed by atoms with van der Waals surface area (Å²) in [5.74, 6) is 0.353. The van der Waals surface area contributed by atoms with Gasteiger partial charge >= 0.3 is 6.18 Å². The second-order valence-electron chi connectivity index (χ2n) is 6.50. The van der Waals surface area contributed by atoms with Gasteiger partial charge in [0.25, 0.3) is 5.91 Å². The number of aryl methyl sites for hydroxylation is 1. The van der Waals surface area contributed by atoms with Crippen LogP contribution in [0.4, 0.5) is 13.2 Å². The molecular formula is C16H19F3N4O2. The van der Waals surface area contributed by atoms with Crippen molar-refractivity contribution < 1.29 is 22.5 Å². The van der Waals surface area contributed by atoms with Gasteiger partial charge in [0.2, 0.25) is 0 Å². The Morgan fingerprint density at radius 3 is 2.64 bits per heavy atom. The highest BCUT2D eigenvalue weighted by Crippen LogP contribution is 2.35. The monoisotopic (exact) mass is 356 g/mol. The third kappa shape index (κ3) is 3.27. The van der Waals surface area contributed by atoms with Gasteiger partial charge in [0.05, 0.1) is 6.04 Å². The molecule has 1 aliphatic heterocycles. The van der Waals surface area contributed by atoms with E-state index in [1.165, 1.54) is 11.9 Å². The Hall–Kier alpha value is -2.32. The molecule has 9 heteroatoms. The second-order valence-corrected chi connectivity index (χ2v) is 6.50. The molecule has 136 valence electrons. The predicted molar refractivity (Wildman–Crippen MR) is 81.8 cm³/mol. The van der Waals surface area contributed by atoms with Crippen molar-refractivity contribution in [3.05, 3.63) is 35.0 Å². The summed E-state index contributed by atoms with van der Waals surface area (Å²) in [6, 6.07) is 2.29. The fourth-order valence-corrected chi connectivity index (χ4v) is 3.03. The Morgan fingerprint density at radius 2 is 2.08 bits per heavy atom. The molecule has 1 aliphatic rings. The Bertz CT molecular complexity index is 779. The lowest BCUT2D eigenvalue weighted by Gasteiger charge is -2.21. The molecule has 0 N–H and O–H groups in total. The minimum Gasteiger partial charge on any atom is -0.361 e. The number of likely N-dealkylation sites (tertiary alicyclic amines) is 1. The second kappa shape index (κ2) is 6.20. The highest BCUT2D eigenvalue weighted by Gasteiger charge is 2.38. The van der Waals surface area contributed by atoms with E-state index in [1.54, 1.807) is 6.07 Å². The number of nitrogens with zero attached hydrogens (tertiary/aromatic N) is 4. The molecular weight excluding hydrogens is 337 g/mol. The van der Waals surface area contributed by atoms with Crippen LogP contribution in [0.5, 0.6) is 0 Å². The molecule has 6 nitrogen and oxygen atoms in total. The largest absolute Gasteiger partial charge is 0.433 e. The molecule has 1 fully saturated rings. The van der Waals surface area contributed by atoms with E-state index in [9.17, 15) is 18.0 Å². The highest BCUT2D eigenvalue weighted by atomic mass is 19.4. The summed E-state index contributed by atoms with van der Waals surface area (Å²) in [5, 5.41) is 7.78. The molecule has 25 heavy (non-hydrogen) atoms. The Kier molecular flexibility index (Phi) is 4.34. The summed E-state index contributed by atoms with van der Waals surface area (Å²) in [6.07, 6.45) is -3.11. The van der Waals surface area contributed by atoms with Crippen LogP contribution >= 0.6 is 0 Å². The third-order valence-electron chi connectivity index (χ3n) is 4.36. The molecule has 1 saturated heterocycles. The van der Waals surface area contributed by atoms with Crippen LogP contribution < -0.4 is 0 Å². The normalized spacial score (nSPS) is 18.4. The minimum atomic E-state index is -4.55. The van der Waals surface area contributed by atoms with E-state index in [0.29, 0.717) is 29.1 Å². The van der Waals surface area contributed by atoms with E-state index >= 15 is 0 Å². The summed E-state index contributed by atoms with van der Waals surface area (Å²) < 4.78 is 44.7. The van der Waals surface area contributed by atoms with Gasteiger partial charge in [-0.25, -0.2) is 0 Å². The highest BCUT2D eigenvalue weighted by molar-refractivity contribution is 5.93. The Morgan fingerprint density at radius 1 is 1.36 bits per heavy atom. The van der Waals surface area contributed by atoms with E-state index in [4.69, 9.17) is 4.52 Å². The lowest BCUT2D eigenvalue weighted by atomic mass is 10.1. The van der Waals surface area contributed by atoms with E-state index in [-0.39, 0.29) is 17.7 Å². The van der Waals surface area contributed by atoms with Crippen LogP contribution in [0.25, 0.3) is 0 Å². The number of carbonyl (C=O) groups excluding carboxylic acids is 1. The average molecular weight is 356 g/mol. The summed E-state index contributed by atoms with van der Waals surface area (Å²) in [7, 11) is 1.17. The predicted octanol–water partition coefficient (Wildman–Crippen LogP) is 3.53. The number of hydrogen-bond acceptors (Lipinski definition) is 4. The van der Waals surface area contributed by atoms with E-state index in [0.717, 1.165) is 12.5 Å². The number of alkyl halides is 3. The fourth-order valence-electron chi connectivity index (χ4n) is 3.03. The van der Waals surface area contributed by atoms with Crippen LogP contribution in [0.3, 0.4) is 0 Å². The summed E-state index contributed by atoms with van der Waals surface area (Å²) in [4.78, 5) is 14.2. The van der Waals surface area contributed by atoms with Gasteiger partial charge < -0.3 is 9.42 Å². The zero-order chi connectivity index (χ0) is 18.4. The van der Waals surface area contributed by atoms with Crippen molar-refractivity contribution in [1.29, 1.82) is 0 Å². The zero-order valence-corrected chi connectivity index (χ0v) is 14.2. The van der Waals surface area contributed by atoms with Gasteiger partial charge in [0.1, 0.15) is 17.1 Å². The van der Waals surface area contributed by atoms with Crippen LogP contribution in [0, 0.1) is 0 Å². The van der Waals surface area contributed by atoms with Crippen molar-refractivity contribution in [2.24, 2.45) is 7.05 Å². The van der Waals surface area contributed by atoms with Crippen molar-refractivity contribution in [3.63, 3.8) is 0 Å². The molecule has 0 aliphatic carbocycles. The lowest BCUT2D eigenvalue weighted by molar-refractivity contribution is -0.143. The quantitative estimate of drug-likeness (QED) is 0.844. The molecule has 0 bridgehead atoms. The lowest BCUT2D eigenvalue weighted by Crippen LogP contribution is -2.31. The first kappa shape index (κ1) is 17.5. The number of hydrogen-bond donors (Lipinski definition) is 0. The van der Waals surface area contributed by atoms with Gasteiger partial charge in [-0.15, -0.1) is 0 Å². The number of carbonyl (C=O) groups is 1. The molecule has 0 unspecified atom stereocenters. The van der Waals surface area contributed by atoms with Crippen LogP contribution in [-0.4, -0.2) is 32.3 Å². The molecule has 3 rings (SSSR count). The summed E-state index contributed by atoms with van der Waals surface area (Å²) >= 11 is 0. The van der Waals surface area contributed by atoms with Gasteiger partial charge in [-0.1, -0.05) is 19.0 Å². The number of rotatable bonds is 3. The minimum absolute atomic E-state index is 0.164. The van der Waals surface area contributed by atoms with E-state index in [1.807, 2.05) is 13.8 Å². The maximum atomic E-state index is 12.9. The topological polar surface area (TPSA) is 64.2 Å². The molecule has 0 saturated carbocycles. The van der Waals surface area contributed by atoms with Crippen molar-refractivity contribution in [2.45, 2.75) is 44.8 Å². The number of halogens is 3. The van der Waals surface area contributed by atoms with Crippen molar-refractivity contribution >= 4 is 5.91 Å².